The minimum absolute atomic E-state index is 0.110. The van der Waals surface area contributed by atoms with Gasteiger partial charge in [0.15, 0.2) is 5.89 Å². The molecule has 2 aromatic rings. The van der Waals surface area contributed by atoms with Gasteiger partial charge in [0.2, 0.25) is 0 Å². The predicted molar refractivity (Wildman–Crippen MR) is 85.5 cm³/mol. The van der Waals surface area contributed by atoms with E-state index in [0.29, 0.717) is 13.0 Å². The summed E-state index contributed by atoms with van der Waals surface area (Å²) in [6, 6.07) is 10.1. The van der Waals surface area contributed by atoms with E-state index in [4.69, 9.17) is 9.15 Å². The lowest BCUT2D eigenvalue weighted by atomic mass is 10.1. The molecule has 4 nitrogen and oxygen atoms in total. The second-order valence-corrected chi connectivity index (χ2v) is 5.24. The molecule has 0 aliphatic rings. The Labute approximate surface area is 131 Å². The third kappa shape index (κ3) is 4.72. The third-order valence-corrected chi connectivity index (χ3v) is 3.46. The maximum absolute atomic E-state index is 11.2. The van der Waals surface area contributed by atoms with Crippen molar-refractivity contribution in [3.05, 3.63) is 42.0 Å². The number of aryl methyl sites for hydroxylation is 2. The van der Waals surface area contributed by atoms with Crippen molar-refractivity contribution in [1.29, 1.82) is 0 Å². The molecule has 118 valence electrons. The van der Waals surface area contributed by atoms with Crippen molar-refractivity contribution < 1.29 is 13.9 Å². The largest absolute Gasteiger partial charge is 0.466 e. The highest BCUT2D eigenvalue weighted by Crippen LogP contribution is 2.23. The topological polar surface area (TPSA) is 52.3 Å². The van der Waals surface area contributed by atoms with Crippen LogP contribution in [0.1, 0.15) is 44.3 Å². The first-order valence-corrected chi connectivity index (χ1v) is 7.88. The van der Waals surface area contributed by atoms with Crippen molar-refractivity contribution in [1.82, 2.24) is 4.98 Å². The van der Waals surface area contributed by atoms with E-state index in [1.807, 2.05) is 44.2 Å². The van der Waals surface area contributed by atoms with Crippen LogP contribution in [0.25, 0.3) is 11.3 Å². The van der Waals surface area contributed by atoms with Gasteiger partial charge in [0.05, 0.1) is 6.61 Å². The van der Waals surface area contributed by atoms with E-state index in [0.717, 1.165) is 48.6 Å². The van der Waals surface area contributed by atoms with Crippen LogP contribution in [-0.4, -0.2) is 17.6 Å². The van der Waals surface area contributed by atoms with E-state index >= 15 is 0 Å². The smallest absolute Gasteiger partial charge is 0.305 e. The first-order chi connectivity index (χ1) is 10.7. The van der Waals surface area contributed by atoms with Crippen LogP contribution in [0.5, 0.6) is 0 Å². The molecule has 1 aromatic heterocycles. The van der Waals surface area contributed by atoms with E-state index in [1.54, 1.807) is 0 Å². The lowest BCUT2D eigenvalue weighted by molar-refractivity contribution is -0.143. The first-order valence-electron chi connectivity index (χ1n) is 7.88. The standard InChI is InChI=1S/C18H23NO3/c1-3-21-17(20)13-9-5-8-12-16-19-18(14(2)22-16)15-10-6-4-7-11-15/h4,6-7,10-11H,3,5,8-9,12-13H2,1-2H3. The molecular formula is C18H23NO3. The van der Waals surface area contributed by atoms with E-state index in [-0.39, 0.29) is 5.97 Å². The quantitative estimate of drug-likeness (QED) is 0.538. The summed E-state index contributed by atoms with van der Waals surface area (Å²) >= 11 is 0. The maximum atomic E-state index is 11.2. The van der Waals surface area contributed by atoms with Gasteiger partial charge in [0, 0.05) is 18.4 Å². The molecule has 0 unspecified atom stereocenters. The minimum Gasteiger partial charge on any atom is -0.466 e. The van der Waals surface area contributed by atoms with Gasteiger partial charge in [-0.25, -0.2) is 4.98 Å². The lowest BCUT2D eigenvalue weighted by Gasteiger charge is -2.00. The summed E-state index contributed by atoms with van der Waals surface area (Å²) in [5.41, 5.74) is 2.00. The number of oxazole rings is 1. The Balaban J connectivity index is 1.79. The fourth-order valence-corrected chi connectivity index (χ4v) is 2.38. The number of hydrogen-bond acceptors (Lipinski definition) is 4. The van der Waals surface area contributed by atoms with Gasteiger partial charge < -0.3 is 9.15 Å². The number of carbonyl (C=O) groups is 1. The van der Waals surface area contributed by atoms with Crippen molar-refractivity contribution in [2.75, 3.05) is 6.61 Å². The van der Waals surface area contributed by atoms with Gasteiger partial charge >= 0.3 is 5.97 Å². The molecule has 1 aromatic carbocycles. The number of rotatable bonds is 8. The van der Waals surface area contributed by atoms with Gasteiger partial charge in [-0.1, -0.05) is 36.8 Å². The number of nitrogens with zero attached hydrogens (tertiary/aromatic N) is 1. The number of carbonyl (C=O) groups excluding carboxylic acids is 1. The molecule has 0 aliphatic carbocycles. The molecule has 4 heteroatoms. The monoisotopic (exact) mass is 301 g/mol. The summed E-state index contributed by atoms with van der Waals surface area (Å²) in [7, 11) is 0. The average molecular weight is 301 g/mol. The van der Waals surface area contributed by atoms with Crippen molar-refractivity contribution in [3.63, 3.8) is 0 Å². The number of unbranched alkanes of at least 4 members (excludes halogenated alkanes) is 2. The molecule has 0 N–H and O–H groups in total. The Morgan fingerprint density at radius 3 is 2.68 bits per heavy atom. The van der Waals surface area contributed by atoms with E-state index < -0.39 is 0 Å². The van der Waals surface area contributed by atoms with E-state index in [2.05, 4.69) is 4.98 Å². The molecule has 0 atom stereocenters. The fourth-order valence-electron chi connectivity index (χ4n) is 2.38. The van der Waals surface area contributed by atoms with Gasteiger partial charge in [-0.05, 0) is 26.7 Å². The van der Waals surface area contributed by atoms with Crippen LogP contribution in [0.4, 0.5) is 0 Å². The zero-order valence-electron chi connectivity index (χ0n) is 13.3. The Hall–Kier alpha value is -2.10. The average Bonchev–Trinajstić information content (AvgIpc) is 2.89. The molecular weight excluding hydrogens is 278 g/mol. The second-order valence-electron chi connectivity index (χ2n) is 5.24. The maximum Gasteiger partial charge on any atom is 0.305 e. The molecule has 0 saturated carbocycles. The van der Waals surface area contributed by atoms with Crippen LogP contribution in [0.15, 0.2) is 34.7 Å². The van der Waals surface area contributed by atoms with Crippen LogP contribution in [-0.2, 0) is 16.0 Å². The highest BCUT2D eigenvalue weighted by atomic mass is 16.5. The molecule has 0 bridgehead atoms. The summed E-state index contributed by atoms with van der Waals surface area (Å²) in [4.78, 5) is 15.8. The number of aromatic nitrogens is 1. The SMILES string of the molecule is CCOC(=O)CCCCCc1nc(-c2ccccc2)c(C)o1. The Morgan fingerprint density at radius 2 is 1.95 bits per heavy atom. The van der Waals surface area contributed by atoms with Gasteiger partial charge in [-0.15, -0.1) is 0 Å². The molecule has 2 rings (SSSR count). The Kier molecular flexibility index (Phi) is 6.19. The van der Waals surface area contributed by atoms with Crippen molar-refractivity contribution in [2.24, 2.45) is 0 Å². The third-order valence-electron chi connectivity index (χ3n) is 3.46. The summed E-state index contributed by atoms with van der Waals surface area (Å²) < 4.78 is 10.6. The number of esters is 1. The second kappa shape index (κ2) is 8.37. The molecule has 0 fully saturated rings. The predicted octanol–water partition coefficient (Wildman–Crippen LogP) is 4.32. The van der Waals surface area contributed by atoms with Crippen LogP contribution in [0.3, 0.4) is 0 Å². The molecule has 1 heterocycles. The molecule has 0 saturated heterocycles. The molecule has 0 spiro atoms. The van der Waals surface area contributed by atoms with Crippen LogP contribution in [0.2, 0.25) is 0 Å². The number of hydrogen-bond donors (Lipinski definition) is 0. The summed E-state index contributed by atoms with van der Waals surface area (Å²) in [5.74, 6) is 1.51. The normalized spacial score (nSPS) is 10.6. The van der Waals surface area contributed by atoms with E-state index in [9.17, 15) is 4.79 Å². The minimum atomic E-state index is -0.110. The van der Waals surface area contributed by atoms with Crippen LogP contribution < -0.4 is 0 Å². The van der Waals surface area contributed by atoms with Crippen molar-refractivity contribution in [2.45, 2.75) is 46.0 Å². The van der Waals surface area contributed by atoms with Gasteiger partial charge in [0.1, 0.15) is 11.5 Å². The molecule has 0 aliphatic heterocycles. The first kappa shape index (κ1) is 16.3. The van der Waals surface area contributed by atoms with E-state index in [1.165, 1.54) is 0 Å². The molecule has 0 radical (unpaired) electrons. The van der Waals surface area contributed by atoms with Crippen LogP contribution in [0, 0.1) is 6.92 Å². The van der Waals surface area contributed by atoms with Gasteiger partial charge in [0.25, 0.3) is 0 Å². The summed E-state index contributed by atoms with van der Waals surface area (Å²) in [6.07, 6.45) is 4.09. The van der Waals surface area contributed by atoms with Gasteiger partial charge in [-0.3, -0.25) is 4.79 Å². The zero-order chi connectivity index (χ0) is 15.8. The highest BCUT2D eigenvalue weighted by molar-refractivity contribution is 5.69. The lowest BCUT2D eigenvalue weighted by Crippen LogP contribution is -2.03. The molecule has 22 heavy (non-hydrogen) atoms. The summed E-state index contributed by atoms with van der Waals surface area (Å²) in [6.45, 7) is 4.23. The Bertz CT molecular complexity index is 590. The highest BCUT2D eigenvalue weighted by Gasteiger charge is 2.11. The summed E-state index contributed by atoms with van der Waals surface area (Å²) in [5, 5.41) is 0. The molecule has 0 amide bonds. The number of benzene rings is 1. The van der Waals surface area contributed by atoms with Crippen molar-refractivity contribution in [3.8, 4) is 11.3 Å². The Morgan fingerprint density at radius 1 is 1.18 bits per heavy atom. The fraction of sp³-hybridized carbons (Fsp3) is 0.444. The number of ether oxygens (including phenoxy) is 1. The van der Waals surface area contributed by atoms with Crippen molar-refractivity contribution >= 4 is 5.97 Å². The van der Waals surface area contributed by atoms with Crippen LogP contribution >= 0.6 is 0 Å². The van der Waals surface area contributed by atoms with Gasteiger partial charge in [-0.2, -0.15) is 0 Å². The zero-order valence-corrected chi connectivity index (χ0v) is 13.3.